The van der Waals surface area contributed by atoms with E-state index in [4.69, 9.17) is 0 Å². The fraction of sp³-hybridized carbons (Fsp3) is 0.121. The van der Waals surface area contributed by atoms with Crippen LogP contribution in [0.25, 0.3) is 55.3 Å². The molecular weight excluding hydrogens is 807 g/mol. The lowest BCUT2D eigenvalue weighted by Crippen LogP contribution is -2.28. The first kappa shape index (κ1) is 40.7. The first-order chi connectivity index (χ1) is 33.1. The standard InChI is InChI=1S/C66H53N/c1-46-17-16-28-62-64(46)61-44-42-58(45-63(61)66(62,54-23-10-4-11-24-54)55-25-12-5-13-26-55)67(56-38-33-50(34-39-56)49-31-29-48(30-32-49)47-18-6-2-7-19-47)57-40-35-52(36-41-57)60-43-37-51-20-14-15-27-59(51)65(60)53-21-8-3-9-22-53/h3-5,8-17,20-45,47H,2,6-7,18-19H2,1H3. The Morgan fingerprint density at radius 1 is 0.388 bits per heavy atom. The number of anilines is 3. The molecule has 0 spiro atoms. The molecule has 1 saturated carbocycles. The zero-order chi connectivity index (χ0) is 44.7. The average molecular weight is 860 g/mol. The highest BCUT2D eigenvalue weighted by molar-refractivity contribution is 6.04. The number of rotatable bonds is 9. The van der Waals surface area contributed by atoms with Gasteiger partial charge in [-0.25, -0.2) is 0 Å². The lowest BCUT2D eigenvalue weighted by molar-refractivity contribution is 0.443. The molecule has 0 amide bonds. The van der Waals surface area contributed by atoms with Gasteiger partial charge < -0.3 is 4.90 Å². The minimum Gasteiger partial charge on any atom is -0.310 e. The number of hydrogen-bond donors (Lipinski definition) is 0. The maximum absolute atomic E-state index is 2.48. The minimum absolute atomic E-state index is 0.512. The molecule has 1 fully saturated rings. The van der Waals surface area contributed by atoms with Crippen LogP contribution < -0.4 is 4.90 Å². The Morgan fingerprint density at radius 2 is 0.940 bits per heavy atom. The van der Waals surface area contributed by atoms with Gasteiger partial charge >= 0.3 is 0 Å². The highest BCUT2D eigenvalue weighted by Gasteiger charge is 2.47. The predicted octanol–water partition coefficient (Wildman–Crippen LogP) is 18.0. The van der Waals surface area contributed by atoms with Crippen LogP contribution in [-0.2, 0) is 5.41 Å². The predicted molar refractivity (Wildman–Crippen MR) is 283 cm³/mol. The molecule has 0 aliphatic heterocycles. The van der Waals surface area contributed by atoms with Crippen LogP contribution in [-0.4, -0.2) is 0 Å². The van der Waals surface area contributed by atoms with Gasteiger partial charge in [-0.1, -0.05) is 219 Å². The molecule has 10 aromatic rings. The third-order valence-corrected chi connectivity index (χ3v) is 14.9. The number of hydrogen-bond acceptors (Lipinski definition) is 1. The highest BCUT2D eigenvalue weighted by atomic mass is 15.1. The van der Waals surface area contributed by atoms with Gasteiger partial charge in [-0.15, -0.1) is 0 Å². The molecule has 10 aromatic carbocycles. The smallest absolute Gasteiger partial charge is 0.0714 e. The third kappa shape index (κ3) is 7.09. The van der Waals surface area contributed by atoms with Crippen molar-refractivity contribution in [3.05, 3.63) is 270 Å². The van der Waals surface area contributed by atoms with Crippen molar-refractivity contribution in [2.24, 2.45) is 0 Å². The SMILES string of the molecule is Cc1cccc2c1-c1ccc(N(c3ccc(-c4ccc(C5CCCCC5)cc4)cc3)c3ccc(-c4ccc5ccccc5c4-c4ccccc4)cc3)cc1C2(c1ccccc1)c1ccccc1. The Labute approximate surface area is 395 Å². The Hall–Kier alpha value is -7.74. The van der Waals surface area contributed by atoms with Gasteiger partial charge in [0.2, 0.25) is 0 Å². The summed E-state index contributed by atoms with van der Waals surface area (Å²) in [6.45, 7) is 2.26. The van der Waals surface area contributed by atoms with Crippen molar-refractivity contribution in [2.75, 3.05) is 4.90 Å². The van der Waals surface area contributed by atoms with E-state index in [1.807, 2.05) is 0 Å². The van der Waals surface area contributed by atoms with Crippen molar-refractivity contribution in [3.63, 3.8) is 0 Å². The van der Waals surface area contributed by atoms with E-state index in [2.05, 4.69) is 248 Å². The first-order valence-corrected chi connectivity index (χ1v) is 24.2. The van der Waals surface area contributed by atoms with Crippen LogP contribution in [0, 0.1) is 6.92 Å². The molecule has 0 heterocycles. The van der Waals surface area contributed by atoms with Crippen LogP contribution in [0.2, 0.25) is 0 Å². The molecule has 67 heavy (non-hydrogen) atoms. The van der Waals surface area contributed by atoms with E-state index in [9.17, 15) is 0 Å². The van der Waals surface area contributed by atoms with E-state index in [0.29, 0.717) is 5.92 Å². The second kappa shape index (κ2) is 17.2. The summed E-state index contributed by atoms with van der Waals surface area (Å²) >= 11 is 0. The van der Waals surface area contributed by atoms with Crippen LogP contribution in [0.5, 0.6) is 0 Å². The Kier molecular flexibility index (Phi) is 10.5. The van der Waals surface area contributed by atoms with Crippen molar-refractivity contribution in [1.29, 1.82) is 0 Å². The van der Waals surface area contributed by atoms with Gasteiger partial charge in [0.25, 0.3) is 0 Å². The molecule has 0 saturated heterocycles. The number of aryl methyl sites for hydroxylation is 1. The molecule has 0 radical (unpaired) electrons. The molecule has 0 bridgehead atoms. The fourth-order valence-corrected chi connectivity index (χ4v) is 11.7. The maximum Gasteiger partial charge on any atom is 0.0714 e. The number of benzene rings is 10. The van der Waals surface area contributed by atoms with Gasteiger partial charge in [-0.05, 0) is 151 Å². The van der Waals surface area contributed by atoms with E-state index in [1.165, 1.54) is 121 Å². The van der Waals surface area contributed by atoms with Gasteiger partial charge in [0.1, 0.15) is 0 Å². The third-order valence-electron chi connectivity index (χ3n) is 14.9. The molecule has 2 aliphatic rings. The summed E-state index contributed by atoms with van der Waals surface area (Å²) in [5.74, 6) is 0.697. The summed E-state index contributed by atoms with van der Waals surface area (Å²) in [7, 11) is 0. The normalized spacial score (nSPS) is 14.1. The molecule has 0 atom stereocenters. The molecule has 1 nitrogen and oxygen atoms in total. The molecular formula is C66H53N. The zero-order valence-electron chi connectivity index (χ0n) is 38.1. The van der Waals surface area contributed by atoms with E-state index in [1.54, 1.807) is 0 Å². The van der Waals surface area contributed by atoms with Crippen molar-refractivity contribution in [3.8, 4) is 44.5 Å². The van der Waals surface area contributed by atoms with Crippen LogP contribution >= 0.6 is 0 Å². The zero-order valence-corrected chi connectivity index (χ0v) is 38.1. The number of fused-ring (bicyclic) bond motifs is 4. The van der Waals surface area contributed by atoms with E-state index in [-0.39, 0.29) is 0 Å². The largest absolute Gasteiger partial charge is 0.310 e. The summed E-state index contributed by atoms with van der Waals surface area (Å²) in [6, 6.07) is 88.4. The van der Waals surface area contributed by atoms with E-state index < -0.39 is 5.41 Å². The quantitative estimate of drug-likeness (QED) is 0.140. The summed E-state index contributed by atoms with van der Waals surface area (Å²) in [5, 5.41) is 2.50. The monoisotopic (exact) mass is 859 g/mol. The van der Waals surface area contributed by atoms with Crippen molar-refractivity contribution >= 4 is 27.8 Å². The number of nitrogens with zero attached hydrogens (tertiary/aromatic N) is 1. The van der Waals surface area contributed by atoms with Crippen LogP contribution in [0.1, 0.15) is 71.4 Å². The van der Waals surface area contributed by atoms with Gasteiger partial charge in [0, 0.05) is 17.1 Å². The van der Waals surface area contributed by atoms with Gasteiger partial charge in [0.05, 0.1) is 5.41 Å². The molecule has 12 rings (SSSR count). The molecule has 2 aliphatic carbocycles. The molecule has 0 aromatic heterocycles. The second-order valence-electron chi connectivity index (χ2n) is 18.7. The lowest BCUT2D eigenvalue weighted by Gasteiger charge is -2.35. The first-order valence-electron chi connectivity index (χ1n) is 24.2. The summed E-state index contributed by atoms with van der Waals surface area (Å²) in [4.78, 5) is 2.45. The van der Waals surface area contributed by atoms with Gasteiger partial charge in [0.15, 0.2) is 0 Å². The topological polar surface area (TPSA) is 3.24 Å². The lowest BCUT2D eigenvalue weighted by atomic mass is 9.67. The highest BCUT2D eigenvalue weighted by Crippen LogP contribution is 2.58. The van der Waals surface area contributed by atoms with Gasteiger partial charge in [-0.2, -0.15) is 0 Å². The Bertz CT molecular complexity index is 3310. The Morgan fingerprint density at radius 3 is 1.60 bits per heavy atom. The average Bonchev–Trinajstić information content (AvgIpc) is 3.71. The van der Waals surface area contributed by atoms with Crippen LogP contribution in [0.4, 0.5) is 17.1 Å². The molecule has 1 heteroatoms. The maximum atomic E-state index is 2.48. The summed E-state index contributed by atoms with van der Waals surface area (Å²) < 4.78 is 0. The second-order valence-corrected chi connectivity index (χ2v) is 18.7. The Balaban J connectivity index is 1.02. The van der Waals surface area contributed by atoms with Crippen LogP contribution in [0.15, 0.2) is 237 Å². The summed E-state index contributed by atoms with van der Waals surface area (Å²) in [6.07, 6.45) is 6.70. The van der Waals surface area contributed by atoms with Crippen molar-refractivity contribution in [2.45, 2.75) is 50.4 Å². The molecule has 322 valence electrons. The molecule has 0 unspecified atom stereocenters. The van der Waals surface area contributed by atoms with Crippen molar-refractivity contribution < 1.29 is 0 Å². The fourth-order valence-electron chi connectivity index (χ4n) is 11.7. The minimum atomic E-state index is -0.512. The van der Waals surface area contributed by atoms with Crippen LogP contribution in [0.3, 0.4) is 0 Å². The van der Waals surface area contributed by atoms with E-state index in [0.717, 1.165) is 17.1 Å². The van der Waals surface area contributed by atoms with E-state index >= 15 is 0 Å². The molecule has 0 N–H and O–H groups in total. The van der Waals surface area contributed by atoms with Gasteiger partial charge in [-0.3, -0.25) is 0 Å². The summed E-state index contributed by atoms with van der Waals surface area (Å²) in [5.41, 5.74) is 20.8. The van der Waals surface area contributed by atoms with Crippen molar-refractivity contribution in [1.82, 2.24) is 0 Å².